The Morgan fingerprint density at radius 1 is 1.25 bits per heavy atom. The summed E-state index contributed by atoms with van der Waals surface area (Å²) in [6.45, 7) is 3.55. The Bertz CT molecular complexity index is 620. The molecule has 3 rings (SSSR count). The zero-order chi connectivity index (χ0) is 16.8. The highest BCUT2D eigenvalue weighted by molar-refractivity contribution is 5.93. The maximum atomic E-state index is 12.3. The highest BCUT2D eigenvalue weighted by atomic mass is 16.5. The van der Waals surface area contributed by atoms with Gasteiger partial charge in [-0.3, -0.25) is 4.79 Å². The number of hydrogen-bond acceptors (Lipinski definition) is 3. The Labute approximate surface area is 144 Å². The van der Waals surface area contributed by atoms with Gasteiger partial charge in [0, 0.05) is 39.0 Å². The van der Waals surface area contributed by atoms with E-state index < -0.39 is 0 Å². The van der Waals surface area contributed by atoms with Crippen molar-refractivity contribution in [1.82, 2.24) is 4.90 Å². The maximum Gasteiger partial charge on any atom is 0.298 e. The summed E-state index contributed by atoms with van der Waals surface area (Å²) in [5.74, 6) is 5.61. The maximum absolute atomic E-state index is 12.3. The Kier molecular flexibility index (Phi) is 5.77. The molecule has 1 atom stereocenters. The molecule has 0 N–H and O–H groups in total. The molecular weight excluding hydrogens is 300 g/mol. The number of nitrogens with zero attached hydrogens (tertiary/aromatic N) is 2. The Morgan fingerprint density at radius 2 is 2.04 bits per heavy atom. The first-order valence-electron chi connectivity index (χ1n) is 8.95. The van der Waals surface area contributed by atoms with Gasteiger partial charge in [-0.05, 0) is 49.7 Å². The van der Waals surface area contributed by atoms with Crippen LogP contribution in [0.25, 0.3) is 0 Å². The summed E-state index contributed by atoms with van der Waals surface area (Å²) in [4.78, 5) is 16.4. The van der Waals surface area contributed by atoms with Crippen LogP contribution in [0.5, 0.6) is 0 Å². The van der Waals surface area contributed by atoms with Crippen LogP contribution in [0.3, 0.4) is 0 Å². The van der Waals surface area contributed by atoms with Crippen molar-refractivity contribution in [3.63, 3.8) is 0 Å². The zero-order valence-corrected chi connectivity index (χ0v) is 14.5. The molecule has 2 aliphatic heterocycles. The van der Waals surface area contributed by atoms with Crippen molar-refractivity contribution in [2.24, 2.45) is 0 Å². The van der Waals surface area contributed by atoms with Crippen LogP contribution in [0, 0.1) is 11.8 Å². The zero-order valence-electron chi connectivity index (χ0n) is 14.5. The van der Waals surface area contributed by atoms with Crippen LogP contribution in [0.15, 0.2) is 24.3 Å². The molecule has 2 saturated heterocycles. The van der Waals surface area contributed by atoms with Gasteiger partial charge in [-0.25, -0.2) is 0 Å². The largest absolute Gasteiger partial charge is 0.371 e. The molecule has 0 radical (unpaired) electrons. The van der Waals surface area contributed by atoms with Gasteiger partial charge in [0.1, 0.15) is 6.10 Å². The molecule has 0 spiro atoms. The number of rotatable bonds is 3. The van der Waals surface area contributed by atoms with Crippen molar-refractivity contribution >= 4 is 11.6 Å². The molecule has 0 saturated carbocycles. The quantitative estimate of drug-likeness (QED) is 0.801. The summed E-state index contributed by atoms with van der Waals surface area (Å²) in [5, 5.41) is 0. The minimum atomic E-state index is -0.139. The van der Waals surface area contributed by atoms with Gasteiger partial charge in [-0.2, -0.15) is 0 Å². The number of carbonyl (C=O) groups excluding carboxylic acids is 1. The van der Waals surface area contributed by atoms with Crippen molar-refractivity contribution in [3.05, 3.63) is 29.8 Å². The van der Waals surface area contributed by atoms with Crippen molar-refractivity contribution < 1.29 is 9.53 Å². The Balaban J connectivity index is 1.63. The number of hydrogen-bond donors (Lipinski definition) is 0. The lowest BCUT2D eigenvalue weighted by molar-refractivity contribution is -0.124. The Morgan fingerprint density at radius 3 is 2.79 bits per heavy atom. The predicted molar refractivity (Wildman–Crippen MR) is 95.7 cm³/mol. The first kappa shape index (κ1) is 16.9. The van der Waals surface area contributed by atoms with Gasteiger partial charge in [0.15, 0.2) is 0 Å². The van der Waals surface area contributed by atoms with E-state index in [1.807, 2.05) is 13.1 Å². The molecule has 2 fully saturated rings. The fourth-order valence-electron chi connectivity index (χ4n) is 3.33. The van der Waals surface area contributed by atoms with Gasteiger partial charge >= 0.3 is 0 Å². The van der Waals surface area contributed by atoms with Crippen molar-refractivity contribution in [3.8, 4) is 11.8 Å². The molecule has 2 aliphatic rings. The number of benzene rings is 1. The normalized spacial score (nSPS) is 20.4. The number of carbonyl (C=O) groups is 1. The molecule has 4 heteroatoms. The van der Waals surface area contributed by atoms with E-state index >= 15 is 0 Å². The number of anilines is 1. The SMILES string of the molecule is CN(Cc1ccccc1N1CCCC1)C(=O)C#CC1CCCCO1. The molecule has 24 heavy (non-hydrogen) atoms. The average molecular weight is 326 g/mol. The lowest BCUT2D eigenvalue weighted by atomic mass is 10.1. The standard InChI is InChI=1S/C20H26N2O2/c1-21(20(23)12-11-18-9-4-7-15-24-18)16-17-8-2-3-10-19(17)22-13-5-6-14-22/h2-3,8,10,18H,4-7,9,13-16H2,1H3. The molecule has 1 amide bonds. The van der Waals surface area contributed by atoms with Crippen LogP contribution in [-0.2, 0) is 16.1 Å². The van der Waals surface area contributed by atoms with E-state index in [4.69, 9.17) is 4.74 Å². The lowest BCUT2D eigenvalue weighted by Gasteiger charge is -2.23. The molecule has 0 aromatic heterocycles. The third kappa shape index (κ3) is 4.30. The first-order chi connectivity index (χ1) is 11.7. The van der Waals surface area contributed by atoms with E-state index in [-0.39, 0.29) is 12.0 Å². The molecular formula is C20H26N2O2. The lowest BCUT2D eigenvalue weighted by Crippen LogP contribution is -2.27. The summed E-state index contributed by atoms with van der Waals surface area (Å²) < 4.78 is 5.56. The molecule has 1 aromatic rings. The topological polar surface area (TPSA) is 32.8 Å². The highest BCUT2D eigenvalue weighted by Gasteiger charge is 2.17. The second-order valence-corrected chi connectivity index (χ2v) is 6.61. The van der Waals surface area contributed by atoms with Crippen LogP contribution in [0.1, 0.15) is 37.7 Å². The van der Waals surface area contributed by atoms with Crippen LogP contribution in [0.2, 0.25) is 0 Å². The molecule has 128 valence electrons. The second-order valence-electron chi connectivity index (χ2n) is 6.61. The van der Waals surface area contributed by atoms with Crippen molar-refractivity contribution in [2.75, 3.05) is 31.6 Å². The molecule has 2 heterocycles. The van der Waals surface area contributed by atoms with E-state index in [9.17, 15) is 4.79 Å². The molecule has 1 unspecified atom stereocenters. The molecule has 1 aromatic carbocycles. The van der Waals surface area contributed by atoms with Gasteiger partial charge in [0.05, 0.1) is 0 Å². The Hall–Kier alpha value is -1.99. The monoisotopic (exact) mass is 326 g/mol. The second kappa shape index (κ2) is 8.21. The minimum absolute atomic E-state index is 0.0759. The third-order valence-corrected chi connectivity index (χ3v) is 4.71. The highest BCUT2D eigenvalue weighted by Crippen LogP contribution is 2.25. The summed E-state index contributed by atoms with van der Waals surface area (Å²) >= 11 is 0. The summed E-state index contributed by atoms with van der Waals surface area (Å²) in [7, 11) is 1.82. The van der Waals surface area contributed by atoms with Gasteiger partial charge in [0.2, 0.25) is 0 Å². The summed E-state index contributed by atoms with van der Waals surface area (Å²) in [5.41, 5.74) is 2.43. The molecule has 0 bridgehead atoms. The van der Waals surface area contributed by atoms with Crippen LogP contribution in [0.4, 0.5) is 5.69 Å². The fourth-order valence-corrected chi connectivity index (χ4v) is 3.33. The van der Waals surface area contributed by atoms with E-state index in [2.05, 4.69) is 34.9 Å². The van der Waals surface area contributed by atoms with E-state index in [0.29, 0.717) is 6.54 Å². The van der Waals surface area contributed by atoms with Crippen molar-refractivity contribution in [2.45, 2.75) is 44.8 Å². The van der Waals surface area contributed by atoms with Gasteiger partial charge in [-0.15, -0.1) is 0 Å². The van der Waals surface area contributed by atoms with Gasteiger partial charge < -0.3 is 14.5 Å². The fraction of sp³-hybridized carbons (Fsp3) is 0.550. The molecule has 0 aliphatic carbocycles. The van der Waals surface area contributed by atoms with E-state index in [1.54, 1.807) is 4.90 Å². The number of para-hydroxylation sites is 1. The van der Waals surface area contributed by atoms with Gasteiger partial charge in [0.25, 0.3) is 5.91 Å². The van der Waals surface area contributed by atoms with Crippen molar-refractivity contribution in [1.29, 1.82) is 0 Å². The van der Waals surface area contributed by atoms with Crippen LogP contribution >= 0.6 is 0 Å². The minimum Gasteiger partial charge on any atom is -0.371 e. The first-order valence-corrected chi connectivity index (χ1v) is 8.95. The smallest absolute Gasteiger partial charge is 0.298 e. The number of amides is 1. The average Bonchev–Trinajstić information content (AvgIpc) is 3.15. The predicted octanol–water partition coefficient (Wildman–Crippen LogP) is 2.82. The summed E-state index contributed by atoms with van der Waals surface area (Å²) in [6.07, 6.45) is 5.58. The van der Waals surface area contributed by atoms with Crippen LogP contribution in [-0.4, -0.2) is 43.7 Å². The molecule has 4 nitrogen and oxygen atoms in total. The van der Waals surface area contributed by atoms with Crippen LogP contribution < -0.4 is 4.90 Å². The van der Waals surface area contributed by atoms with E-state index in [1.165, 1.54) is 24.1 Å². The van der Waals surface area contributed by atoms with Gasteiger partial charge in [-0.1, -0.05) is 24.1 Å². The van der Waals surface area contributed by atoms with E-state index in [0.717, 1.165) is 39.0 Å². The third-order valence-electron chi connectivity index (χ3n) is 4.71. The number of ether oxygens (including phenoxy) is 1. The summed E-state index contributed by atoms with van der Waals surface area (Å²) in [6, 6.07) is 8.36.